The van der Waals surface area contributed by atoms with E-state index in [9.17, 15) is 14.4 Å². The van der Waals surface area contributed by atoms with Gasteiger partial charge < -0.3 is 14.6 Å². The topological polar surface area (TPSA) is 89.9 Å². The molecule has 2 aromatic carbocycles. The van der Waals surface area contributed by atoms with Gasteiger partial charge in [0.1, 0.15) is 23.9 Å². The standard InChI is InChI=1S/C31H31ClO6/c1-30(2)12-21(33)27-24(14-30)38-25-15-31(3,4)13-22(34)28(25)26(27)20-11-19(32)9-10-23(20)37-16-17-5-7-18(8-6-17)29(35)36/h5-11,26H,12-16H2,1-4H3,(H,35,36). The predicted molar refractivity (Wildman–Crippen MR) is 143 cm³/mol. The molecule has 0 saturated carbocycles. The normalized spacial score (nSPS) is 20.6. The number of aromatic carboxylic acids is 1. The van der Waals surface area contributed by atoms with Gasteiger partial charge in [-0.2, -0.15) is 0 Å². The van der Waals surface area contributed by atoms with Crippen LogP contribution in [0.25, 0.3) is 0 Å². The fraction of sp³-hybridized carbons (Fsp3) is 0.387. The Morgan fingerprint density at radius 1 is 0.921 bits per heavy atom. The molecule has 1 N–H and O–H groups in total. The van der Waals surface area contributed by atoms with E-state index in [0.29, 0.717) is 64.7 Å². The van der Waals surface area contributed by atoms with Gasteiger partial charge >= 0.3 is 5.97 Å². The number of hydrogen-bond acceptors (Lipinski definition) is 5. The van der Waals surface area contributed by atoms with E-state index < -0.39 is 11.9 Å². The van der Waals surface area contributed by atoms with Gasteiger partial charge in [-0.1, -0.05) is 51.4 Å². The predicted octanol–water partition coefficient (Wildman–Crippen LogP) is 7.02. The second-order valence-corrected chi connectivity index (χ2v) is 12.5. The molecule has 0 amide bonds. The quantitative estimate of drug-likeness (QED) is 0.443. The molecule has 0 atom stereocenters. The van der Waals surface area contributed by atoms with Crippen LogP contribution in [0, 0.1) is 10.8 Å². The highest BCUT2D eigenvalue weighted by molar-refractivity contribution is 6.30. The SMILES string of the molecule is CC1(C)CC(=O)C2=C(C1)OC1=C(C(=O)CC(C)(C)C1)C2c1cc(Cl)ccc1OCc1ccc(C(=O)O)cc1. The van der Waals surface area contributed by atoms with Gasteiger partial charge in [-0.15, -0.1) is 0 Å². The van der Waals surface area contributed by atoms with E-state index in [2.05, 4.69) is 27.7 Å². The first-order chi connectivity index (χ1) is 17.8. The summed E-state index contributed by atoms with van der Waals surface area (Å²) in [6.45, 7) is 8.39. The highest BCUT2D eigenvalue weighted by Gasteiger charge is 2.48. The summed E-state index contributed by atoms with van der Waals surface area (Å²) in [7, 11) is 0. The number of carbonyl (C=O) groups is 3. The zero-order valence-corrected chi connectivity index (χ0v) is 22.8. The van der Waals surface area contributed by atoms with Crippen LogP contribution in [0.2, 0.25) is 5.02 Å². The van der Waals surface area contributed by atoms with Crippen LogP contribution in [-0.2, 0) is 20.9 Å². The molecule has 1 aliphatic heterocycles. The van der Waals surface area contributed by atoms with Crippen molar-refractivity contribution < 1.29 is 29.0 Å². The summed E-state index contributed by atoms with van der Waals surface area (Å²) < 4.78 is 12.6. The zero-order valence-electron chi connectivity index (χ0n) is 22.0. The van der Waals surface area contributed by atoms with Gasteiger partial charge in [0.15, 0.2) is 11.6 Å². The Balaban J connectivity index is 1.59. The van der Waals surface area contributed by atoms with E-state index in [0.717, 1.165) is 5.56 Å². The van der Waals surface area contributed by atoms with Gasteiger partial charge in [-0.25, -0.2) is 4.79 Å². The van der Waals surface area contributed by atoms with Crippen LogP contribution in [0.3, 0.4) is 0 Å². The Kier molecular flexibility index (Phi) is 6.50. The molecule has 0 spiro atoms. The third kappa shape index (κ3) is 5.02. The van der Waals surface area contributed by atoms with E-state index in [1.54, 1.807) is 30.3 Å². The first-order valence-corrected chi connectivity index (χ1v) is 13.2. The van der Waals surface area contributed by atoms with Crippen LogP contribution < -0.4 is 4.74 Å². The molecule has 6 nitrogen and oxygen atoms in total. The number of benzene rings is 2. The molecule has 38 heavy (non-hydrogen) atoms. The van der Waals surface area contributed by atoms with Crippen molar-refractivity contribution in [3.63, 3.8) is 0 Å². The maximum absolute atomic E-state index is 13.6. The summed E-state index contributed by atoms with van der Waals surface area (Å²) in [4.78, 5) is 38.4. The minimum Gasteiger partial charge on any atom is -0.489 e. The highest BCUT2D eigenvalue weighted by atomic mass is 35.5. The van der Waals surface area contributed by atoms with Gasteiger partial charge in [0, 0.05) is 47.4 Å². The minimum atomic E-state index is -0.995. The fourth-order valence-corrected chi connectivity index (χ4v) is 5.95. The lowest BCUT2D eigenvalue weighted by atomic mass is 9.65. The smallest absolute Gasteiger partial charge is 0.335 e. The number of rotatable bonds is 5. The third-order valence-corrected chi connectivity index (χ3v) is 7.69. The number of Topliss-reactive ketones (excluding diaryl/α,β-unsaturated/α-hetero) is 2. The molecule has 0 bridgehead atoms. The van der Waals surface area contributed by atoms with Crippen molar-refractivity contribution in [1.29, 1.82) is 0 Å². The molecule has 5 rings (SSSR count). The first kappa shape index (κ1) is 26.2. The molecule has 198 valence electrons. The van der Waals surface area contributed by atoms with Gasteiger partial charge in [-0.05, 0) is 46.7 Å². The van der Waals surface area contributed by atoms with Gasteiger partial charge in [0.2, 0.25) is 0 Å². The van der Waals surface area contributed by atoms with Crippen molar-refractivity contribution in [3.05, 3.63) is 86.8 Å². The summed E-state index contributed by atoms with van der Waals surface area (Å²) in [5.74, 6) is 0.111. The number of ketones is 2. The Morgan fingerprint density at radius 3 is 2.00 bits per heavy atom. The second kappa shape index (κ2) is 9.42. The van der Waals surface area contributed by atoms with E-state index in [4.69, 9.17) is 26.2 Å². The Bertz CT molecular complexity index is 1360. The average molecular weight is 535 g/mol. The van der Waals surface area contributed by atoms with E-state index in [1.165, 1.54) is 12.1 Å². The number of carboxylic acids is 1. The first-order valence-electron chi connectivity index (χ1n) is 12.8. The molecule has 0 unspecified atom stereocenters. The number of halogens is 1. The molecule has 0 radical (unpaired) electrons. The molecule has 2 aromatic rings. The largest absolute Gasteiger partial charge is 0.489 e. The van der Waals surface area contributed by atoms with Crippen molar-refractivity contribution in [2.45, 2.75) is 65.9 Å². The van der Waals surface area contributed by atoms with Crippen molar-refractivity contribution >= 4 is 29.1 Å². The molecular weight excluding hydrogens is 504 g/mol. The lowest BCUT2D eigenvalue weighted by Crippen LogP contribution is -2.37. The summed E-state index contributed by atoms with van der Waals surface area (Å²) in [5, 5.41) is 9.64. The van der Waals surface area contributed by atoms with Gasteiger partial charge in [-0.3, -0.25) is 9.59 Å². The lowest BCUT2D eigenvalue weighted by Gasteiger charge is -2.43. The average Bonchev–Trinajstić information content (AvgIpc) is 2.80. The van der Waals surface area contributed by atoms with Crippen molar-refractivity contribution in [1.82, 2.24) is 0 Å². The molecule has 0 saturated heterocycles. The maximum atomic E-state index is 13.6. The van der Waals surface area contributed by atoms with Crippen LogP contribution >= 0.6 is 11.6 Å². The number of carboxylic acid groups (broad SMARTS) is 1. The van der Waals surface area contributed by atoms with Crippen molar-refractivity contribution in [2.24, 2.45) is 10.8 Å². The van der Waals surface area contributed by atoms with E-state index >= 15 is 0 Å². The Hall–Kier alpha value is -3.38. The molecule has 0 fully saturated rings. The second-order valence-electron chi connectivity index (χ2n) is 12.1. The van der Waals surface area contributed by atoms with E-state index in [1.807, 2.05) is 0 Å². The molecule has 7 heteroatoms. The molecule has 3 aliphatic rings. The number of carbonyl (C=O) groups excluding carboxylic acids is 2. The Morgan fingerprint density at radius 2 is 1.47 bits per heavy atom. The number of ether oxygens (including phenoxy) is 2. The summed E-state index contributed by atoms with van der Waals surface area (Å²) in [6, 6.07) is 11.7. The number of allylic oxidation sites excluding steroid dienone is 4. The van der Waals surface area contributed by atoms with Crippen LogP contribution in [-0.4, -0.2) is 22.6 Å². The van der Waals surface area contributed by atoms with E-state index in [-0.39, 0.29) is 34.6 Å². The molecular formula is C31H31ClO6. The van der Waals surface area contributed by atoms with Gasteiger partial charge in [0.25, 0.3) is 0 Å². The number of hydrogen-bond donors (Lipinski definition) is 1. The van der Waals surface area contributed by atoms with Gasteiger partial charge in [0.05, 0.1) is 11.5 Å². The summed E-state index contributed by atoms with van der Waals surface area (Å²) in [5.41, 5.74) is 2.19. The highest BCUT2D eigenvalue weighted by Crippen LogP contribution is 2.54. The molecule has 2 aliphatic carbocycles. The minimum absolute atomic E-state index is 0.0272. The fourth-order valence-electron chi connectivity index (χ4n) is 5.77. The monoisotopic (exact) mass is 534 g/mol. The Labute approximate surface area is 227 Å². The zero-order chi connectivity index (χ0) is 27.4. The summed E-state index contributed by atoms with van der Waals surface area (Å²) in [6.07, 6.45) is 1.92. The van der Waals surface area contributed by atoms with Crippen molar-refractivity contribution in [2.75, 3.05) is 0 Å². The molecule has 1 heterocycles. The van der Waals surface area contributed by atoms with Crippen LogP contribution in [0.5, 0.6) is 5.75 Å². The van der Waals surface area contributed by atoms with Crippen molar-refractivity contribution in [3.8, 4) is 5.75 Å². The molecule has 0 aromatic heterocycles. The van der Waals surface area contributed by atoms with Crippen LogP contribution in [0.1, 0.15) is 80.8 Å². The summed E-state index contributed by atoms with van der Waals surface area (Å²) >= 11 is 6.47. The lowest BCUT2D eigenvalue weighted by molar-refractivity contribution is -0.120. The van der Waals surface area contributed by atoms with Crippen LogP contribution in [0.15, 0.2) is 65.1 Å². The third-order valence-electron chi connectivity index (χ3n) is 7.46. The maximum Gasteiger partial charge on any atom is 0.335 e. The van der Waals surface area contributed by atoms with Crippen LogP contribution in [0.4, 0.5) is 0 Å².